The van der Waals surface area contributed by atoms with Crippen molar-refractivity contribution in [2.24, 2.45) is 5.10 Å². The van der Waals surface area contributed by atoms with Gasteiger partial charge in [-0.25, -0.2) is 9.49 Å². The standard InChI is InChI=1S/C16H13FN4OS/c1-22-12-6-4-5-11(9-12)10-18-21-15(19-20-16(21)23)13-7-2-3-8-14(13)17/h2-10H,1H3,(H,20,23)/b18-10-. The number of benzene rings is 2. The molecule has 2 aromatic carbocycles. The summed E-state index contributed by atoms with van der Waals surface area (Å²) in [7, 11) is 1.60. The molecule has 7 heteroatoms. The van der Waals surface area contributed by atoms with E-state index in [1.165, 1.54) is 10.7 Å². The highest BCUT2D eigenvalue weighted by molar-refractivity contribution is 7.71. The van der Waals surface area contributed by atoms with Gasteiger partial charge in [0, 0.05) is 0 Å². The number of ether oxygens (including phenoxy) is 1. The maximum Gasteiger partial charge on any atom is 0.216 e. The molecule has 0 spiro atoms. The highest BCUT2D eigenvalue weighted by atomic mass is 32.1. The molecule has 0 atom stereocenters. The molecule has 0 aliphatic heterocycles. The van der Waals surface area contributed by atoms with Crippen molar-refractivity contribution in [3.8, 4) is 17.1 Å². The third-order valence-electron chi connectivity index (χ3n) is 3.18. The van der Waals surface area contributed by atoms with E-state index in [0.717, 1.165) is 11.3 Å². The molecule has 0 saturated heterocycles. The third kappa shape index (κ3) is 3.19. The first-order valence-electron chi connectivity index (χ1n) is 6.80. The van der Waals surface area contributed by atoms with Gasteiger partial charge in [0.1, 0.15) is 11.6 Å². The number of hydrogen-bond acceptors (Lipinski definition) is 4. The lowest BCUT2D eigenvalue weighted by molar-refractivity contribution is 0.415. The average molecular weight is 328 g/mol. The van der Waals surface area contributed by atoms with Crippen LogP contribution in [0.1, 0.15) is 5.56 Å². The summed E-state index contributed by atoms with van der Waals surface area (Å²) in [4.78, 5) is 0. The van der Waals surface area contributed by atoms with Crippen LogP contribution in [0.5, 0.6) is 5.75 Å². The van der Waals surface area contributed by atoms with Gasteiger partial charge in [0.05, 0.1) is 18.9 Å². The normalized spacial score (nSPS) is 11.0. The minimum Gasteiger partial charge on any atom is -0.497 e. The number of hydrogen-bond donors (Lipinski definition) is 1. The van der Waals surface area contributed by atoms with Crippen LogP contribution in [-0.4, -0.2) is 28.2 Å². The van der Waals surface area contributed by atoms with Crippen molar-refractivity contribution in [3.05, 3.63) is 64.7 Å². The lowest BCUT2D eigenvalue weighted by Crippen LogP contribution is -1.97. The number of nitrogens with zero attached hydrogens (tertiary/aromatic N) is 3. The first-order chi connectivity index (χ1) is 11.2. The molecule has 0 unspecified atom stereocenters. The number of H-pyrrole nitrogens is 1. The Morgan fingerprint density at radius 3 is 2.87 bits per heavy atom. The molecular weight excluding hydrogens is 315 g/mol. The van der Waals surface area contributed by atoms with Crippen LogP contribution >= 0.6 is 12.2 Å². The maximum atomic E-state index is 14.0. The van der Waals surface area contributed by atoms with E-state index in [0.29, 0.717) is 11.4 Å². The summed E-state index contributed by atoms with van der Waals surface area (Å²) in [6, 6.07) is 13.7. The quantitative estimate of drug-likeness (QED) is 0.588. The molecule has 3 rings (SSSR count). The molecule has 116 valence electrons. The van der Waals surface area contributed by atoms with Gasteiger partial charge in [0.2, 0.25) is 4.77 Å². The van der Waals surface area contributed by atoms with E-state index in [2.05, 4.69) is 15.3 Å². The molecule has 23 heavy (non-hydrogen) atoms. The monoisotopic (exact) mass is 328 g/mol. The molecule has 0 aliphatic carbocycles. The van der Waals surface area contributed by atoms with E-state index in [1.54, 1.807) is 31.5 Å². The van der Waals surface area contributed by atoms with E-state index in [9.17, 15) is 4.39 Å². The van der Waals surface area contributed by atoms with E-state index in [1.807, 2.05) is 24.3 Å². The highest BCUT2D eigenvalue weighted by Crippen LogP contribution is 2.20. The molecule has 0 bridgehead atoms. The lowest BCUT2D eigenvalue weighted by Gasteiger charge is -2.03. The fourth-order valence-corrected chi connectivity index (χ4v) is 2.24. The SMILES string of the molecule is COc1cccc(/C=N\n2c(-c3ccccc3F)n[nH]c2=S)c1. The lowest BCUT2D eigenvalue weighted by atomic mass is 10.2. The Bertz CT molecular complexity index is 916. The van der Waals surface area contributed by atoms with Crippen molar-refractivity contribution in [3.63, 3.8) is 0 Å². The number of aromatic amines is 1. The second-order valence-corrected chi connectivity index (χ2v) is 5.05. The summed E-state index contributed by atoms with van der Waals surface area (Å²) >= 11 is 5.16. The van der Waals surface area contributed by atoms with Crippen molar-refractivity contribution in [1.82, 2.24) is 14.9 Å². The highest BCUT2D eigenvalue weighted by Gasteiger charge is 2.12. The number of halogens is 1. The van der Waals surface area contributed by atoms with Gasteiger partial charge in [-0.1, -0.05) is 24.3 Å². The fourth-order valence-electron chi connectivity index (χ4n) is 2.06. The van der Waals surface area contributed by atoms with E-state index < -0.39 is 0 Å². The van der Waals surface area contributed by atoms with Crippen LogP contribution in [-0.2, 0) is 0 Å². The summed E-state index contributed by atoms with van der Waals surface area (Å²) < 4.78 is 20.8. The molecule has 0 fully saturated rings. The Labute approximate surface area is 137 Å². The van der Waals surface area contributed by atoms with E-state index in [-0.39, 0.29) is 10.6 Å². The van der Waals surface area contributed by atoms with Crippen LogP contribution < -0.4 is 4.74 Å². The van der Waals surface area contributed by atoms with Crippen molar-refractivity contribution < 1.29 is 9.13 Å². The van der Waals surface area contributed by atoms with Gasteiger partial charge in [-0.2, -0.15) is 14.9 Å². The molecule has 0 saturated carbocycles. The average Bonchev–Trinajstić information content (AvgIpc) is 2.94. The van der Waals surface area contributed by atoms with Gasteiger partial charge < -0.3 is 4.74 Å². The van der Waals surface area contributed by atoms with Gasteiger partial charge in [-0.3, -0.25) is 0 Å². The van der Waals surface area contributed by atoms with Crippen molar-refractivity contribution in [2.75, 3.05) is 7.11 Å². The van der Waals surface area contributed by atoms with E-state index >= 15 is 0 Å². The van der Waals surface area contributed by atoms with Gasteiger partial charge in [-0.05, 0) is 42.0 Å². The second-order valence-electron chi connectivity index (χ2n) is 4.67. The van der Waals surface area contributed by atoms with Crippen LogP contribution in [0.15, 0.2) is 53.6 Å². The summed E-state index contributed by atoms with van der Waals surface area (Å²) in [6.07, 6.45) is 1.61. The first-order valence-corrected chi connectivity index (χ1v) is 7.20. The van der Waals surface area contributed by atoms with E-state index in [4.69, 9.17) is 17.0 Å². The van der Waals surface area contributed by atoms with Crippen LogP contribution in [0.4, 0.5) is 4.39 Å². The number of rotatable bonds is 4. The molecule has 0 amide bonds. The molecule has 0 aliphatic rings. The summed E-state index contributed by atoms with van der Waals surface area (Å²) in [5.74, 6) is 0.644. The van der Waals surface area contributed by atoms with Crippen molar-refractivity contribution in [2.45, 2.75) is 0 Å². The van der Waals surface area contributed by atoms with Crippen LogP contribution in [0.2, 0.25) is 0 Å². The van der Waals surface area contributed by atoms with Crippen LogP contribution in [0.25, 0.3) is 11.4 Å². The molecule has 1 heterocycles. The van der Waals surface area contributed by atoms with Gasteiger partial charge in [0.15, 0.2) is 5.82 Å². The Morgan fingerprint density at radius 2 is 2.09 bits per heavy atom. The zero-order valence-electron chi connectivity index (χ0n) is 12.2. The molecule has 1 aromatic heterocycles. The number of nitrogens with one attached hydrogen (secondary N) is 1. The topological polar surface area (TPSA) is 55.2 Å². The number of aromatic nitrogens is 3. The Kier molecular flexibility index (Phi) is 4.29. The van der Waals surface area contributed by atoms with Crippen LogP contribution in [0.3, 0.4) is 0 Å². The summed E-state index contributed by atoms with van der Waals surface area (Å²) in [6.45, 7) is 0. The van der Waals surface area contributed by atoms with Gasteiger partial charge in [0.25, 0.3) is 0 Å². The summed E-state index contributed by atoms with van der Waals surface area (Å²) in [5, 5.41) is 11.0. The minimum atomic E-state index is -0.390. The van der Waals surface area contributed by atoms with Crippen molar-refractivity contribution in [1.29, 1.82) is 0 Å². The Hall–Kier alpha value is -2.80. The fraction of sp³-hybridized carbons (Fsp3) is 0.0625. The Morgan fingerprint density at radius 1 is 1.26 bits per heavy atom. The minimum absolute atomic E-state index is 0.280. The predicted octanol–water partition coefficient (Wildman–Crippen LogP) is 3.64. The van der Waals surface area contributed by atoms with Crippen LogP contribution in [0, 0.1) is 10.6 Å². The third-order valence-corrected chi connectivity index (χ3v) is 3.45. The number of methoxy groups -OCH3 is 1. The Balaban J connectivity index is 2.01. The largest absolute Gasteiger partial charge is 0.497 e. The molecule has 0 radical (unpaired) electrons. The summed E-state index contributed by atoms with van der Waals surface area (Å²) in [5.41, 5.74) is 1.15. The zero-order valence-corrected chi connectivity index (χ0v) is 13.0. The molecule has 1 N–H and O–H groups in total. The maximum absolute atomic E-state index is 14.0. The molecule has 3 aromatic rings. The second kappa shape index (κ2) is 6.53. The van der Waals surface area contributed by atoms with Gasteiger partial charge >= 0.3 is 0 Å². The molecule has 5 nitrogen and oxygen atoms in total. The van der Waals surface area contributed by atoms with Gasteiger partial charge in [-0.15, -0.1) is 0 Å². The predicted molar refractivity (Wildman–Crippen MR) is 88.8 cm³/mol. The zero-order chi connectivity index (χ0) is 16.2. The first kappa shape index (κ1) is 15.1. The molecular formula is C16H13FN4OS. The smallest absolute Gasteiger partial charge is 0.216 e. The van der Waals surface area contributed by atoms with Crippen molar-refractivity contribution >= 4 is 18.4 Å².